The molecule has 11 heteroatoms. The molecule has 0 spiro atoms. The average molecular weight is 935 g/mol. The number of nitrogen functional groups attached to an aromatic ring is 1. The molecule has 1 aromatic heterocycles. The lowest BCUT2D eigenvalue weighted by Gasteiger charge is -2.55. The van der Waals surface area contributed by atoms with Crippen molar-refractivity contribution >= 4 is 29.3 Å². The zero-order valence-electron chi connectivity index (χ0n) is 43.5. The van der Waals surface area contributed by atoms with Crippen LogP contribution in [0.4, 0.5) is 17.1 Å². The summed E-state index contributed by atoms with van der Waals surface area (Å²) in [6.07, 6.45) is 19.0. The van der Waals surface area contributed by atoms with Crippen LogP contribution in [0.15, 0.2) is 35.6 Å². The highest BCUT2D eigenvalue weighted by atomic mass is 16.1. The first-order valence-corrected chi connectivity index (χ1v) is 26.9. The third-order valence-corrected chi connectivity index (χ3v) is 19.9. The highest BCUT2D eigenvalue weighted by Gasteiger charge is 2.52. The summed E-state index contributed by atoms with van der Waals surface area (Å²) in [4.78, 5) is 39.3. The number of carbonyl (C=O) groups excluding carboxylic acids is 1. The molecule has 3 aromatic rings. The molecule has 6 aliphatic carbocycles. The summed E-state index contributed by atoms with van der Waals surface area (Å²) in [5.74, 6) is 4.37. The topological polar surface area (TPSA) is 125 Å². The summed E-state index contributed by atoms with van der Waals surface area (Å²) in [7, 11) is 3.92. The van der Waals surface area contributed by atoms with Crippen LogP contribution >= 0.6 is 0 Å². The van der Waals surface area contributed by atoms with Gasteiger partial charge in [0.05, 0.1) is 24.2 Å². The quantitative estimate of drug-likeness (QED) is 0.0942. The molecule has 12 rings (SSSR count). The maximum absolute atomic E-state index is 11.7. The highest BCUT2D eigenvalue weighted by molar-refractivity contribution is 5.98. The molecule has 4 N–H and O–H groups in total. The van der Waals surface area contributed by atoms with Crippen LogP contribution in [0.2, 0.25) is 0 Å². The van der Waals surface area contributed by atoms with Crippen LogP contribution in [0, 0.1) is 49.0 Å². The van der Waals surface area contributed by atoms with Crippen LogP contribution in [-0.4, -0.2) is 113 Å². The number of fused-ring (bicyclic) bond motifs is 12. The molecule has 2 aromatic carbocycles. The van der Waals surface area contributed by atoms with E-state index in [0.29, 0.717) is 52.8 Å². The second-order valence-electron chi connectivity index (χ2n) is 24.6. The minimum absolute atomic E-state index is 0.121. The normalized spacial score (nSPS) is 33.4. The predicted octanol–water partition coefficient (Wildman–Crippen LogP) is 9.41. The van der Waals surface area contributed by atoms with E-state index in [0.717, 1.165) is 55.7 Å². The molecule has 3 saturated heterocycles. The Morgan fingerprint density at radius 1 is 0.754 bits per heavy atom. The smallest absolute Gasteiger partial charge is 0.250 e. The number of carbonyl (C=O) groups is 1. The Morgan fingerprint density at radius 2 is 1.23 bits per heavy atom. The van der Waals surface area contributed by atoms with E-state index in [4.69, 9.17) is 18.0 Å². The van der Waals surface area contributed by atoms with E-state index in [-0.39, 0.29) is 16.2 Å². The summed E-state index contributed by atoms with van der Waals surface area (Å²) in [5.41, 5.74) is 24.1. The number of aliphatic imine (C=N–C) groups is 1. The van der Waals surface area contributed by atoms with E-state index in [1.807, 2.05) is 31.1 Å². The predicted molar refractivity (Wildman–Crippen MR) is 279 cm³/mol. The number of nitrogens with two attached hydrogens (primary N) is 2. The van der Waals surface area contributed by atoms with Gasteiger partial charge in [0.25, 0.3) is 5.91 Å². The molecule has 9 atom stereocenters. The van der Waals surface area contributed by atoms with Crippen LogP contribution in [0.3, 0.4) is 0 Å². The molecule has 3 unspecified atom stereocenters. The summed E-state index contributed by atoms with van der Waals surface area (Å²) in [5, 5.41) is 0. The van der Waals surface area contributed by atoms with Crippen molar-refractivity contribution in [1.82, 2.24) is 29.6 Å². The first-order chi connectivity index (χ1) is 32.9. The molecule has 0 radical (unpaired) electrons. The van der Waals surface area contributed by atoms with Crippen LogP contribution < -0.4 is 11.5 Å². The SMILES string of the molecule is C[C@H]1C2Cc3cc(N)c(C(N)=O)cc3[C@@]1(C)CCN2CC1CC1.Cc1ncnc2c1[C@@]1(C)CCN(CC3CC3)C(C2)[C@@H]1C.[C-]#[N+]c1cc2c(cc1N=CN(C)C)CC1[C@H](C)[C@]2(C)CCN1CC1CC1. The van der Waals surface area contributed by atoms with E-state index in [1.165, 1.54) is 123 Å². The van der Waals surface area contributed by atoms with Crippen molar-refractivity contribution in [3.05, 3.63) is 86.8 Å². The van der Waals surface area contributed by atoms with E-state index in [1.54, 1.807) is 12.7 Å². The third kappa shape index (κ3) is 9.03. The van der Waals surface area contributed by atoms with Crippen molar-refractivity contribution in [1.29, 1.82) is 0 Å². The number of anilines is 1. The van der Waals surface area contributed by atoms with Gasteiger partial charge in [-0.25, -0.2) is 14.8 Å². The number of benzene rings is 2. The number of amides is 1. The molecule has 11 nitrogen and oxygen atoms in total. The fourth-order valence-electron chi connectivity index (χ4n) is 14.5. The van der Waals surface area contributed by atoms with Crippen molar-refractivity contribution in [3.8, 4) is 0 Å². The standard InChI is InChI=1S/C22H30N4.C19H27N3O.C17H25N3/c1-15-21-11-17-10-20(24-14-25(4)5)19(23-3)12-18(17)22(15,2)8-9-26(21)13-16-6-7-16;1-11-17-8-13-7-16(20)14(18(21)23)9-15(13)19(11,2)5-6-22(17)10-12-3-4-12;1-11-15-8-14-16(12(2)18-10-19-14)17(11,3)6-7-20(15)9-13-4-5-13/h10,12,14-16,21H,6-9,11,13H2,1-2,4-5H3;7,9,11-12,17H,3-6,8,10,20H2,1-2H3,(H2,21,23);10-11,13,15H,4-9H2,1-3H3/t15-,21?,22-;11-,17?,19-;11-,15?,17-/m000/s1. The van der Waals surface area contributed by atoms with Crippen LogP contribution in [-0.2, 0) is 35.5 Å². The van der Waals surface area contributed by atoms with Crippen molar-refractivity contribution in [2.75, 3.05) is 59.1 Å². The van der Waals surface area contributed by atoms with Gasteiger partial charge in [0.1, 0.15) is 6.33 Å². The summed E-state index contributed by atoms with van der Waals surface area (Å²) >= 11 is 0. The molecular weight excluding hydrogens is 853 g/mol. The fraction of sp³-hybridized carbons (Fsp3) is 0.672. The first kappa shape index (κ1) is 48.3. The molecule has 6 fully saturated rings. The van der Waals surface area contributed by atoms with Gasteiger partial charge in [-0.05, 0) is 184 Å². The maximum Gasteiger partial charge on any atom is 0.250 e. The fourth-order valence-corrected chi connectivity index (χ4v) is 14.5. The maximum atomic E-state index is 11.7. The van der Waals surface area contributed by atoms with Gasteiger partial charge >= 0.3 is 0 Å². The number of aryl methyl sites for hydroxylation is 1. The number of likely N-dealkylation sites (tertiary alicyclic amines) is 3. The van der Waals surface area contributed by atoms with Gasteiger partial charge < -0.3 is 16.4 Å². The molecular formula is C58H82N10O. The van der Waals surface area contributed by atoms with Gasteiger partial charge in [-0.3, -0.25) is 24.5 Å². The van der Waals surface area contributed by atoms with Gasteiger partial charge in [-0.2, -0.15) is 0 Å². The van der Waals surface area contributed by atoms with Crippen molar-refractivity contribution in [3.63, 3.8) is 0 Å². The Morgan fingerprint density at radius 3 is 1.72 bits per heavy atom. The third-order valence-electron chi connectivity index (χ3n) is 19.9. The van der Waals surface area contributed by atoms with Crippen molar-refractivity contribution < 1.29 is 4.79 Å². The largest absolute Gasteiger partial charge is 0.398 e. The number of nitrogens with zero attached hydrogens (tertiary/aromatic N) is 8. The first-order valence-electron chi connectivity index (χ1n) is 26.9. The Balaban J connectivity index is 0.000000121. The van der Waals surface area contributed by atoms with Crippen LogP contribution in [0.5, 0.6) is 0 Å². The van der Waals surface area contributed by atoms with E-state index in [9.17, 15) is 4.79 Å². The van der Waals surface area contributed by atoms with Crippen LogP contribution in [0.25, 0.3) is 4.85 Å². The van der Waals surface area contributed by atoms with Gasteiger partial charge in [0.15, 0.2) is 0 Å². The zero-order valence-corrected chi connectivity index (χ0v) is 43.5. The number of primary amides is 1. The molecule has 370 valence electrons. The molecule has 9 aliphatic rings. The summed E-state index contributed by atoms with van der Waals surface area (Å²) < 4.78 is 0. The zero-order chi connectivity index (χ0) is 48.7. The van der Waals surface area contributed by atoms with Gasteiger partial charge in [0.2, 0.25) is 5.69 Å². The summed E-state index contributed by atoms with van der Waals surface area (Å²) in [6, 6.07) is 10.3. The number of rotatable bonds is 9. The molecule has 1 amide bonds. The Bertz CT molecular complexity index is 2520. The van der Waals surface area contributed by atoms with E-state index >= 15 is 0 Å². The second kappa shape index (κ2) is 18.3. The highest BCUT2D eigenvalue weighted by Crippen LogP contribution is 2.54. The number of hydrogen-bond acceptors (Lipinski definition) is 8. The Labute approximate surface area is 414 Å². The van der Waals surface area contributed by atoms with E-state index < -0.39 is 5.91 Å². The molecule has 3 saturated carbocycles. The van der Waals surface area contributed by atoms with Gasteiger partial charge in [0, 0.05) is 86.3 Å². The lowest BCUT2D eigenvalue weighted by Crippen LogP contribution is -2.58. The number of piperidine rings is 3. The average Bonchev–Trinajstić information content (AvgIpc) is 4.15. The van der Waals surface area contributed by atoms with Gasteiger partial charge in [-0.15, -0.1) is 0 Å². The van der Waals surface area contributed by atoms with Crippen molar-refractivity contribution in [2.45, 2.75) is 160 Å². The number of hydrogen-bond donors (Lipinski definition) is 2. The molecule has 4 heterocycles. The number of aromatic nitrogens is 2. The molecule has 3 aliphatic heterocycles. The molecule has 6 bridgehead atoms. The monoisotopic (exact) mass is 935 g/mol. The lowest BCUT2D eigenvalue weighted by atomic mass is 9.58. The van der Waals surface area contributed by atoms with Crippen molar-refractivity contribution in [2.24, 2.45) is 46.2 Å². The minimum atomic E-state index is -0.421. The Kier molecular flexibility index (Phi) is 12.8. The summed E-state index contributed by atoms with van der Waals surface area (Å²) in [6.45, 7) is 31.8. The minimum Gasteiger partial charge on any atom is -0.398 e. The Hall–Kier alpha value is -4.37. The second-order valence-corrected chi connectivity index (χ2v) is 24.6. The van der Waals surface area contributed by atoms with Crippen LogP contribution in [0.1, 0.15) is 149 Å². The lowest BCUT2D eigenvalue weighted by molar-refractivity contribution is 0.0265. The molecule has 69 heavy (non-hydrogen) atoms. The van der Waals surface area contributed by atoms with E-state index in [2.05, 4.69) is 95.1 Å². The van der Waals surface area contributed by atoms with Gasteiger partial charge in [-0.1, -0.05) is 47.6 Å².